The van der Waals surface area contributed by atoms with Crippen molar-refractivity contribution in [2.75, 3.05) is 25.5 Å². The fourth-order valence-corrected chi connectivity index (χ4v) is 2.22. The lowest BCUT2D eigenvalue weighted by Crippen LogP contribution is -2.35. The Morgan fingerprint density at radius 2 is 1.70 bits per heavy atom. The first-order valence-corrected chi connectivity index (χ1v) is 7.78. The topological polar surface area (TPSA) is 75.7 Å². The van der Waals surface area contributed by atoms with Gasteiger partial charge in [0.25, 0.3) is 0 Å². The number of para-hydroxylation sites is 1. The lowest BCUT2D eigenvalue weighted by atomic mass is 10.1. The highest BCUT2D eigenvalue weighted by Gasteiger charge is 2.18. The van der Waals surface area contributed by atoms with E-state index in [9.17, 15) is 14.4 Å². The molecule has 0 aromatic heterocycles. The predicted molar refractivity (Wildman–Crippen MR) is 88.2 cm³/mol. The van der Waals surface area contributed by atoms with Crippen LogP contribution in [0, 0.1) is 0 Å². The van der Waals surface area contributed by atoms with E-state index in [2.05, 4.69) is 10.1 Å². The monoisotopic (exact) mass is 320 g/mol. The van der Waals surface area contributed by atoms with Gasteiger partial charge in [0.2, 0.25) is 11.8 Å². The molecule has 0 saturated heterocycles. The Hall–Kier alpha value is -2.37. The molecule has 0 aliphatic carbocycles. The van der Waals surface area contributed by atoms with Crippen molar-refractivity contribution in [1.29, 1.82) is 0 Å². The van der Waals surface area contributed by atoms with E-state index < -0.39 is 11.9 Å². The number of nitrogens with one attached hydrogen (secondary N) is 1. The molecule has 23 heavy (non-hydrogen) atoms. The molecule has 0 saturated carbocycles. The maximum atomic E-state index is 12.2. The maximum absolute atomic E-state index is 12.2. The first-order chi connectivity index (χ1) is 11.0. The fourth-order valence-electron chi connectivity index (χ4n) is 2.22. The van der Waals surface area contributed by atoms with Crippen LogP contribution in [0.1, 0.15) is 43.5 Å². The summed E-state index contributed by atoms with van der Waals surface area (Å²) in [7, 11) is 1.28. The molecular formula is C17H24N2O4. The van der Waals surface area contributed by atoms with Crippen molar-refractivity contribution in [3.8, 4) is 0 Å². The van der Waals surface area contributed by atoms with Crippen molar-refractivity contribution >= 4 is 23.5 Å². The van der Waals surface area contributed by atoms with Gasteiger partial charge in [-0.3, -0.25) is 9.59 Å². The molecule has 0 radical (unpaired) electrons. The number of hydrogen-bond acceptors (Lipinski definition) is 4. The Bertz CT molecular complexity index is 551. The molecule has 0 atom stereocenters. The number of ether oxygens (including phenoxy) is 1. The van der Waals surface area contributed by atoms with E-state index in [1.165, 1.54) is 7.11 Å². The Morgan fingerprint density at radius 1 is 1.09 bits per heavy atom. The zero-order chi connectivity index (χ0) is 17.2. The molecule has 1 rings (SSSR count). The lowest BCUT2D eigenvalue weighted by molar-refractivity contribution is -0.134. The Labute approximate surface area is 136 Å². The van der Waals surface area contributed by atoms with Gasteiger partial charge in [-0.05, 0) is 25.0 Å². The second-order valence-electron chi connectivity index (χ2n) is 5.14. The molecule has 0 aliphatic heterocycles. The molecular weight excluding hydrogens is 296 g/mol. The number of rotatable bonds is 8. The summed E-state index contributed by atoms with van der Waals surface area (Å²) in [5.74, 6) is -1.18. The summed E-state index contributed by atoms with van der Waals surface area (Å²) >= 11 is 0. The molecule has 0 aliphatic rings. The van der Waals surface area contributed by atoms with Crippen molar-refractivity contribution in [3.05, 3.63) is 29.8 Å². The average molecular weight is 320 g/mol. The van der Waals surface area contributed by atoms with E-state index >= 15 is 0 Å². The van der Waals surface area contributed by atoms with Crippen LogP contribution in [-0.2, 0) is 14.3 Å². The van der Waals surface area contributed by atoms with Crippen molar-refractivity contribution in [2.24, 2.45) is 0 Å². The van der Waals surface area contributed by atoms with Crippen LogP contribution in [-0.4, -0.2) is 42.9 Å². The number of nitrogens with zero attached hydrogens (tertiary/aromatic N) is 1. The summed E-state index contributed by atoms with van der Waals surface area (Å²) < 4.78 is 4.68. The van der Waals surface area contributed by atoms with E-state index in [0.29, 0.717) is 18.8 Å². The second-order valence-corrected chi connectivity index (χ2v) is 5.14. The molecule has 1 aromatic rings. The van der Waals surface area contributed by atoms with Gasteiger partial charge in [0, 0.05) is 13.1 Å². The highest BCUT2D eigenvalue weighted by Crippen LogP contribution is 2.16. The Morgan fingerprint density at radius 3 is 2.26 bits per heavy atom. The normalized spacial score (nSPS) is 10.0. The molecule has 1 N–H and O–H groups in total. The fraction of sp³-hybridized carbons (Fsp3) is 0.471. The zero-order valence-electron chi connectivity index (χ0n) is 13.9. The van der Waals surface area contributed by atoms with E-state index in [1.54, 1.807) is 29.2 Å². The van der Waals surface area contributed by atoms with Crippen LogP contribution in [0.5, 0.6) is 0 Å². The van der Waals surface area contributed by atoms with Crippen LogP contribution < -0.4 is 5.32 Å². The van der Waals surface area contributed by atoms with Crippen LogP contribution in [0.15, 0.2) is 24.3 Å². The summed E-state index contributed by atoms with van der Waals surface area (Å²) in [6.45, 7) is 5.25. The van der Waals surface area contributed by atoms with E-state index in [0.717, 1.165) is 12.8 Å². The van der Waals surface area contributed by atoms with Crippen molar-refractivity contribution in [3.63, 3.8) is 0 Å². The van der Waals surface area contributed by atoms with Gasteiger partial charge < -0.3 is 15.0 Å². The minimum absolute atomic E-state index is 0.207. The SMILES string of the molecule is CCCN(CCC)C(=O)CC(=O)Nc1ccccc1C(=O)OC. The highest BCUT2D eigenvalue weighted by atomic mass is 16.5. The Kier molecular flexibility index (Phi) is 7.80. The summed E-state index contributed by atoms with van der Waals surface area (Å²) in [5, 5.41) is 2.61. The number of amides is 2. The van der Waals surface area contributed by atoms with E-state index in [4.69, 9.17) is 0 Å². The number of carbonyl (C=O) groups is 3. The number of esters is 1. The summed E-state index contributed by atoms with van der Waals surface area (Å²) in [6, 6.07) is 6.54. The second kappa shape index (κ2) is 9.61. The summed E-state index contributed by atoms with van der Waals surface area (Å²) in [4.78, 5) is 37.6. The molecule has 1 aromatic carbocycles. The maximum Gasteiger partial charge on any atom is 0.339 e. The summed E-state index contributed by atoms with van der Waals surface area (Å²) in [6.07, 6.45) is 1.45. The van der Waals surface area contributed by atoms with Crippen LogP contribution in [0.25, 0.3) is 0 Å². The number of methoxy groups -OCH3 is 1. The number of hydrogen-bond donors (Lipinski definition) is 1. The van der Waals surface area contributed by atoms with Gasteiger partial charge in [-0.2, -0.15) is 0 Å². The van der Waals surface area contributed by atoms with Crippen LogP contribution in [0.4, 0.5) is 5.69 Å². The third-order valence-electron chi connectivity index (χ3n) is 3.26. The van der Waals surface area contributed by atoms with Gasteiger partial charge in [-0.25, -0.2) is 4.79 Å². The van der Waals surface area contributed by atoms with Crippen LogP contribution >= 0.6 is 0 Å². The van der Waals surface area contributed by atoms with E-state index in [1.807, 2.05) is 13.8 Å². The average Bonchev–Trinajstić information content (AvgIpc) is 2.54. The first-order valence-electron chi connectivity index (χ1n) is 7.78. The van der Waals surface area contributed by atoms with Crippen molar-refractivity contribution in [2.45, 2.75) is 33.1 Å². The molecule has 2 amide bonds. The molecule has 0 unspecified atom stereocenters. The first kappa shape index (κ1) is 18.7. The standard InChI is InChI=1S/C17H24N2O4/c1-4-10-19(11-5-2)16(21)12-15(20)18-14-9-7-6-8-13(14)17(22)23-3/h6-9H,4-5,10-12H2,1-3H3,(H,18,20). The predicted octanol–water partition coefficient (Wildman–Crippen LogP) is 2.45. The van der Waals surface area contributed by atoms with Gasteiger partial charge in [0.15, 0.2) is 0 Å². The third kappa shape index (κ3) is 5.73. The molecule has 0 fully saturated rings. The molecule has 126 valence electrons. The van der Waals surface area contributed by atoms with Gasteiger partial charge in [0.1, 0.15) is 6.42 Å². The van der Waals surface area contributed by atoms with Gasteiger partial charge in [-0.15, -0.1) is 0 Å². The molecule has 6 nitrogen and oxygen atoms in total. The van der Waals surface area contributed by atoms with Crippen LogP contribution in [0.2, 0.25) is 0 Å². The lowest BCUT2D eigenvalue weighted by Gasteiger charge is -2.21. The molecule has 0 heterocycles. The third-order valence-corrected chi connectivity index (χ3v) is 3.26. The van der Waals surface area contributed by atoms with Crippen molar-refractivity contribution in [1.82, 2.24) is 4.90 Å². The largest absolute Gasteiger partial charge is 0.465 e. The van der Waals surface area contributed by atoms with E-state index in [-0.39, 0.29) is 17.9 Å². The van der Waals surface area contributed by atoms with Gasteiger partial charge in [0.05, 0.1) is 18.4 Å². The number of anilines is 1. The quantitative estimate of drug-likeness (QED) is 0.589. The highest BCUT2D eigenvalue weighted by molar-refractivity contribution is 6.06. The zero-order valence-corrected chi connectivity index (χ0v) is 13.9. The van der Waals surface area contributed by atoms with Crippen LogP contribution in [0.3, 0.4) is 0 Å². The smallest absolute Gasteiger partial charge is 0.339 e. The molecule has 6 heteroatoms. The van der Waals surface area contributed by atoms with Gasteiger partial charge in [-0.1, -0.05) is 26.0 Å². The Balaban J connectivity index is 2.73. The number of benzene rings is 1. The van der Waals surface area contributed by atoms with Crippen molar-refractivity contribution < 1.29 is 19.1 Å². The summed E-state index contributed by atoms with van der Waals surface area (Å²) in [5.41, 5.74) is 0.601. The van der Waals surface area contributed by atoms with Gasteiger partial charge >= 0.3 is 5.97 Å². The molecule has 0 spiro atoms. The minimum Gasteiger partial charge on any atom is -0.465 e. The minimum atomic E-state index is -0.536. The molecule has 0 bridgehead atoms. The number of carbonyl (C=O) groups excluding carboxylic acids is 3.